The van der Waals surface area contributed by atoms with E-state index in [0.717, 1.165) is 12.1 Å². The van der Waals surface area contributed by atoms with Crippen LogP contribution in [0.4, 0.5) is 8.78 Å². The third-order valence-electron chi connectivity index (χ3n) is 2.18. The predicted octanol–water partition coefficient (Wildman–Crippen LogP) is 1.69. The molecule has 0 bridgehead atoms. The van der Waals surface area contributed by atoms with Crippen LogP contribution in [0.25, 0.3) is 0 Å². The summed E-state index contributed by atoms with van der Waals surface area (Å²) in [6.45, 7) is 4.84. The summed E-state index contributed by atoms with van der Waals surface area (Å²) < 4.78 is 31.1. The van der Waals surface area contributed by atoms with E-state index in [4.69, 9.17) is 4.74 Å². The lowest BCUT2D eigenvalue weighted by molar-refractivity contribution is 0.304. The molecule has 0 saturated carbocycles. The van der Waals surface area contributed by atoms with E-state index in [1.807, 2.05) is 0 Å². The van der Waals surface area contributed by atoms with Crippen molar-refractivity contribution in [2.75, 3.05) is 26.7 Å². The lowest BCUT2D eigenvalue weighted by atomic mass is 10.3. The topological polar surface area (TPSA) is 45.7 Å². The van der Waals surface area contributed by atoms with Crippen molar-refractivity contribution < 1.29 is 13.5 Å². The van der Waals surface area contributed by atoms with Crippen LogP contribution in [0.15, 0.2) is 35.8 Å². The first-order valence-electron chi connectivity index (χ1n) is 5.80. The van der Waals surface area contributed by atoms with Crippen LogP contribution in [-0.2, 0) is 0 Å². The molecular weight excluding hydrogens is 252 g/mol. The van der Waals surface area contributed by atoms with Crippen LogP contribution in [0.1, 0.15) is 0 Å². The van der Waals surface area contributed by atoms with Gasteiger partial charge in [0.2, 0.25) is 0 Å². The summed E-state index contributed by atoms with van der Waals surface area (Å²) in [6, 6.07) is 3.19. The van der Waals surface area contributed by atoms with Crippen LogP contribution in [0, 0.1) is 11.6 Å². The fourth-order valence-corrected chi connectivity index (χ4v) is 1.31. The van der Waals surface area contributed by atoms with Crippen molar-refractivity contribution >= 4 is 5.96 Å². The zero-order chi connectivity index (χ0) is 14.1. The molecule has 1 aromatic rings. The quantitative estimate of drug-likeness (QED) is 0.357. The molecule has 0 aliphatic rings. The summed E-state index contributed by atoms with van der Waals surface area (Å²) >= 11 is 0. The Hall–Kier alpha value is -2.11. The molecule has 0 aliphatic carbocycles. The number of hydrogen-bond acceptors (Lipinski definition) is 2. The van der Waals surface area contributed by atoms with Crippen LogP contribution in [0.5, 0.6) is 5.75 Å². The molecule has 0 saturated heterocycles. The number of hydrogen-bond donors (Lipinski definition) is 2. The molecule has 0 fully saturated rings. The molecular formula is C13H17F2N3O. The van der Waals surface area contributed by atoms with Crippen LogP contribution < -0.4 is 15.4 Å². The van der Waals surface area contributed by atoms with Gasteiger partial charge in [-0.05, 0) is 12.1 Å². The Morgan fingerprint density at radius 1 is 1.42 bits per heavy atom. The van der Waals surface area contributed by atoms with Crippen molar-refractivity contribution in [3.8, 4) is 5.75 Å². The first kappa shape index (κ1) is 14.9. The highest BCUT2D eigenvalue weighted by atomic mass is 19.1. The molecule has 0 unspecified atom stereocenters. The minimum absolute atomic E-state index is 0.0252. The maximum atomic E-state index is 13.2. The van der Waals surface area contributed by atoms with E-state index in [-0.39, 0.29) is 12.4 Å². The first-order chi connectivity index (χ1) is 9.17. The van der Waals surface area contributed by atoms with Crippen molar-refractivity contribution in [3.63, 3.8) is 0 Å². The fraction of sp³-hybridized carbons (Fsp3) is 0.308. The number of nitrogens with zero attached hydrogens (tertiary/aromatic N) is 1. The minimum Gasteiger partial charge on any atom is -0.489 e. The summed E-state index contributed by atoms with van der Waals surface area (Å²) in [5.41, 5.74) is 0. The van der Waals surface area contributed by atoms with Crippen LogP contribution in [-0.4, -0.2) is 32.7 Å². The van der Waals surface area contributed by atoms with Crippen molar-refractivity contribution in [2.45, 2.75) is 0 Å². The summed E-state index contributed by atoms with van der Waals surface area (Å²) in [5.74, 6) is -0.716. The molecule has 0 radical (unpaired) electrons. The van der Waals surface area contributed by atoms with E-state index < -0.39 is 11.6 Å². The molecule has 0 amide bonds. The number of benzene rings is 1. The zero-order valence-electron chi connectivity index (χ0n) is 10.7. The van der Waals surface area contributed by atoms with Gasteiger partial charge in [0.15, 0.2) is 17.5 Å². The van der Waals surface area contributed by atoms with Gasteiger partial charge in [-0.1, -0.05) is 6.08 Å². The Kier molecular flexibility index (Phi) is 6.35. The van der Waals surface area contributed by atoms with E-state index in [1.165, 1.54) is 6.07 Å². The zero-order valence-corrected chi connectivity index (χ0v) is 10.7. The molecule has 0 heterocycles. The normalized spacial score (nSPS) is 11.0. The van der Waals surface area contributed by atoms with E-state index >= 15 is 0 Å². The second kappa shape index (κ2) is 8.07. The van der Waals surface area contributed by atoms with Gasteiger partial charge in [-0.2, -0.15) is 0 Å². The highest BCUT2D eigenvalue weighted by Gasteiger charge is 2.04. The first-order valence-corrected chi connectivity index (χ1v) is 5.80. The van der Waals surface area contributed by atoms with Gasteiger partial charge in [-0.25, -0.2) is 8.78 Å². The summed E-state index contributed by atoms with van der Waals surface area (Å²) in [5, 5.41) is 5.95. The van der Waals surface area contributed by atoms with E-state index in [9.17, 15) is 8.78 Å². The standard InChI is InChI=1S/C13H17F2N3O/c1-3-6-17-13(16-2)18-7-8-19-12-5-4-10(14)9-11(12)15/h3-5,9H,1,6-8H2,2H3,(H2,16,17,18). The maximum Gasteiger partial charge on any atom is 0.191 e. The molecule has 104 valence electrons. The third-order valence-corrected chi connectivity index (χ3v) is 2.18. The minimum atomic E-state index is -0.714. The monoisotopic (exact) mass is 269 g/mol. The van der Waals surface area contributed by atoms with Crippen LogP contribution in [0.3, 0.4) is 0 Å². The lowest BCUT2D eigenvalue weighted by Crippen LogP contribution is -2.39. The van der Waals surface area contributed by atoms with E-state index in [0.29, 0.717) is 19.0 Å². The number of rotatable bonds is 6. The second-order valence-corrected chi connectivity index (χ2v) is 3.59. The van der Waals surface area contributed by atoms with Crippen molar-refractivity contribution in [2.24, 2.45) is 4.99 Å². The number of nitrogens with one attached hydrogen (secondary N) is 2. The van der Waals surface area contributed by atoms with Crippen LogP contribution >= 0.6 is 0 Å². The smallest absolute Gasteiger partial charge is 0.191 e. The van der Waals surface area contributed by atoms with Gasteiger partial charge in [-0.15, -0.1) is 6.58 Å². The average molecular weight is 269 g/mol. The molecule has 2 N–H and O–H groups in total. The number of guanidine groups is 1. The number of ether oxygens (including phenoxy) is 1. The van der Waals surface area contributed by atoms with Crippen molar-refractivity contribution in [1.82, 2.24) is 10.6 Å². The Bertz CT molecular complexity index is 450. The Morgan fingerprint density at radius 2 is 2.21 bits per heavy atom. The summed E-state index contributed by atoms with van der Waals surface area (Å²) in [7, 11) is 1.64. The van der Waals surface area contributed by atoms with Gasteiger partial charge in [-0.3, -0.25) is 4.99 Å². The number of halogens is 2. The summed E-state index contributed by atoms with van der Waals surface area (Å²) in [4.78, 5) is 3.97. The molecule has 1 rings (SSSR count). The van der Waals surface area contributed by atoms with Gasteiger partial charge in [0.1, 0.15) is 12.4 Å². The SMILES string of the molecule is C=CCNC(=NC)NCCOc1ccc(F)cc1F. The fourth-order valence-electron chi connectivity index (χ4n) is 1.31. The van der Waals surface area contributed by atoms with Crippen molar-refractivity contribution in [1.29, 1.82) is 0 Å². The van der Waals surface area contributed by atoms with Gasteiger partial charge in [0.25, 0.3) is 0 Å². The molecule has 19 heavy (non-hydrogen) atoms. The third kappa shape index (κ3) is 5.37. The number of aliphatic imine (C=N–C) groups is 1. The second-order valence-electron chi connectivity index (χ2n) is 3.59. The highest BCUT2D eigenvalue weighted by Crippen LogP contribution is 2.17. The maximum absolute atomic E-state index is 13.2. The molecule has 1 aromatic carbocycles. The predicted molar refractivity (Wildman–Crippen MR) is 71.4 cm³/mol. The van der Waals surface area contributed by atoms with Gasteiger partial charge < -0.3 is 15.4 Å². The molecule has 0 spiro atoms. The molecule has 4 nitrogen and oxygen atoms in total. The van der Waals surface area contributed by atoms with Gasteiger partial charge in [0, 0.05) is 19.7 Å². The lowest BCUT2D eigenvalue weighted by Gasteiger charge is -2.11. The van der Waals surface area contributed by atoms with E-state index in [1.54, 1.807) is 13.1 Å². The van der Waals surface area contributed by atoms with Gasteiger partial charge in [0.05, 0.1) is 6.54 Å². The molecule has 0 aliphatic heterocycles. The summed E-state index contributed by atoms with van der Waals surface area (Å²) in [6.07, 6.45) is 1.71. The Balaban J connectivity index is 2.32. The van der Waals surface area contributed by atoms with Crippen LogP contribution in [0.2, 0.25) is 0 Å². The highest BCUT2D eigenvalue weighted by molar-refractivity contribution is 5.79. The molecule has 6 heteroatoms. The van der Waals surface area contributed by atoms with E-state index in [2.05, 4.69) is 22.2 Å². The average Bonchev–Trinajstić information content (AvgIpc) is 2.40. The van der Waals surface area contributed by atoms with Gasteiger partial charge >= 0.3 is 0 Å². The largest absolute Gasteiger partial charge is 0.489 e. The van der Waals surface area contributed by atoms with Crippen molar-refractivity contribution in [3.05, 3.63) is 42.5 Å². The molecule has 0 aromatic heterocycles. The Morgan fingerprint density at radius 3 is 2.84 bits per heavy atom. The Labute approximate surface area is 111 Å². The molecule has 0 atom stereocenters.